The number of carbonyl (C=O) groups is 1. The van der Waals surface area contributed by atoms with E-state index in [0.717, 1.165) is 5.76 Å². The van der Waals surface area contributed by atoms with Crippen molar-refractivity contribution in [1.29, 1.82) is 0 Å². The second kappa shape index (κ2) is 5.57. The third kappa shape index (κ3) is 2.75. The first-order chi connectivity index (χ1) is 8.61. The molecule has 0 aromatic carbocycles. The molecule has 0 aliphatic heterocycles. The highest BCUT2D eigenvalue weighted by molar-refractivity contribution is 5.86. The maximum Gasteiger partial charge on any atom is 0.373 e. The van der Waals surface area contributed by atoms with Gasteiger partial charge < -0.3 is 14.5 Å². The molecule has 100 valence electrons. The van der Waals surface area contributed by atoms with Crippen molar-refractivity contribution >= 4 is 5.97 Å². The Kier molecular flexibility index (Phi) is 4.07. The molecule has 4 heteroatoms. The zero-order valence-corrected chi connectivity index (χ0v) is 11.2. The predicted octanol–water partition coefficient (Wildman–Crippen LogP) is 2.91. The zero-order chi connectivity index (χ0) is 13.1. The van der Waals surface area contributed by atoms with Crippen LogP contribution in [0.4, 0.5) is 0 Å². The van der Waals surface area contributed by atoms with E-state index >= 15 is 0 Å². The second-order valence-corrected chi connectivity index (χ2v) is 5.10. The summed E-state index contributed by atoms with van der Waals surface area (Å²) in [5, 5.41) is 3.57. The molecule has 1 N–H and O–H groups in total. The van der Waals surface area contributed by atoms with Crippen LogP contribution >= 0.6 is 0 Å². The number of methoxy groups -OCH3 is 1. The van der Waals surface area contributed by atoms with Crippen molar-refractivity contribution in [2.75, 3.05) is 7.11 Å². The molecule has 4 nitrogen and oxygen atoms in total. The lowest BCUT2D eigenvalue weighted by atomic mass is 10.1. The monoisotopic (exact) mass is 251 g/mol. The van der Waals surface area contributed by atoms with Crippen LogP contribution in [-0.2, 0) is 4.74 Å². The lowest BCUT2D eigenvalue weighted by Crippen LogP contribution is -2.33. The Labute approximate surface area is 108 Å². The molecule has 0 amide bonds. The predicted molar refractivity (Wildman–Crippen MR) is 68.4 cm³/mol. The summed E-state index contributed by atoms with van der Waals surface area (Å²) >= 11 is 0. The van der Waals surface area contributed by atoms with Crippen LogP contribution in [-0.4, -0.2) is 19.1 Å². The third-order valence-electron chi connectivity index (χ3n) is 3.77. The molecule has 0 radical (unpaired) electrons. The highest BCUT2D eigenvalue weighted by atomic mass is 16.5. The molecule has 1 aliphatic carbocycles. The number of carbonyl (C=O) groups excluding carboxylic acids is 1. The molecule has 3 unspecified atom stereocenters. The number of hydrogen-bond acceptors (Lipinski definition) is 4. The molecule has 3 atom stereocenters. The molecule has 2 rings (SSSR count). The Morgan fingerprint density at radius 2 is 2.28 bits per heavy atom. The highest BCUT2D eigenvalue weighted by Crippen LogP contribution is 2.27. The highest BCUT2D eigenvalue weighted by Gasteiger charge is 2.25. The van der Waals surface area contributed by atoms with Gasteiger partial charge in [0.25, 0.3) is 0 Å². The van der Waals surface area contributed by atoms with E-state index in [1.165, 1.54) is 26.4 Å². The first-order valence-electron chi connectivity index (χ1n) is 6.56. The Hall–Kier alpha value is -1.29. The summed E-state index contributed by atoms with van der Waals surface area (Å²) in [6.07, 6.45) is 3.79. The average Bonchev–Trinajstić information content (AvgIpc) is 2.98. The van der Waals surface area contributed by atoms with Crippen LogP contribution in [0.2, 0.25) is 0 Å². The van der Waals surface area contributed by atoms with E-state index in [9.17, 15) is 4.79 Å². The van der Waals surface area contributed by atoms with Gasteiger partial charge in [-0.2, -0.15) is 0 Å². The summed E-state index contributed by atoms with van der Waals surface area (Å²) < 4.78 is 10.1. The summed E-state index contributed by atoms with van der Waals surface area (Å²) in [6, 6.07) is 4.17. The Morgan fingerprint density at radius 3 is 2.89 bits per heavy atom. The van der Waals surface area contributed by atoms with E-state index in [1.54, 1.807) is 6.07 Å². The normalized spacial score (nSPS) is 25.1. The lowest BCUT2D eigenvalue weighted by molar-refractivity contribution is 0.0562. The van der Waals surface area contributed by atoms with Gasteiger partial charge in [-0.1, -0.05) is 13.3 Å². The number of nitrogens with one attached hydrogen (secondary N) is 1. The van der Waals surface area contributed by atoms with Crippen LogP contribution in [0.5, 0.6) is 0 Å². The molecular weight excluding hydrogens is 230 g/mol. The van der Waals surface area contributed by atoms with E-state index in [4.69, 9.17) is 4.42 Å². The number of hydrogen-bond donors (Lipinski definition) is 1. The van der Waals surface area contributed by atoms with Crippen molar-refractivity contribution in [2.24, 2.45) is 5.92 Å². The third-order valence-corrected chi connectivity index (χ3v) is 3.77. The fraction of sp³-hybridized carbons (Fsp3) is 0.643. The summed E-state index contributed by atoms with van der Waals surface area (Å²) in [5.41, 5.74) is 0. The fourth-order valence-electron chi connectivity index (χ4n) is 2.59. The van der Waals surface area contributed by atoms with Crippen molar-refractivity contribution in [3.8, 4) is 0 Å². The number of rotatable bonds is 4. The van der Waals surface area contributed by atoms with Gasteiger partial charge in [-0.25, -0.2) is 4.79 Å². The molecule has 18 heavy (non-hydrogen) atoms. The van der Waals surface area contributed by atoms with Crippen molar-refractivity contribution in [2.45, 2.75) is 45.2 Å². The molecular formula is C14H21NO3. The topological polar surface area (TPSA) is 51.5 Å². The first-order valence-corrected chi connectivity index (χ1v) is 6.56. The van der Waals surface area contributed by atoms with Gasteiger partial charge in [-0.3, -0.25) is 0 Å². The minimum atomic E-state index is -0.428. The zero-order valence-electron chi connectivity index (χ0n) is 11.2. The largest absolute Gasteiger partial charge is 0.463 e. The molecule has 1 aromatic rings. The van der Waals surface area contributed by atoms with Gasteiger partial charge in [-0.05, 0) is 37.8 Å². The summed E-state index contributed by atoms with van der Waals surface area (Å²) in [4.78, 5) is 11.3. The summed E-state index contributed by atoms with van der Waals surface area (Å²) in [5.74, 6) is 1.33. The van der Waals surface area contributed by atoms with Crippen molar-refractivity contribution in [3.63, 3.8) is 0 Å². The minimum Gasteiger partial charge on any atom is -0.463 e. The van der Waals surface area contributed by atoms with E-state index in [0.29, 0.717) is 12.0 Å². The van der Waals surface area contributed by atoms with E-state index in [-0.39, 0.29) is 11.8 Å². The SMILES string of the molecule is COC(=O)c1ccc(C(C)NC2CCCC2C)o1. The molecule has 0 saturated heterocycles. The van der Waals surface area contributed by atoms with E-state index in [2.05, 4.69) is 23.9 Å². The first kappa shape index (κ1) is 13.1. The van der Waals surface area contributed by atoms with E-state index < -0.39 is 5.97 Å². The van der Waals surface area contributed by atoms with Crippen LogP contribution in [0.1, 0.15) is 55.5 Å². The molecule has 0 spiro atoms. The van der Waals surface area contributed by atoms with Crippen LogP contribution in [0.3, 0.4) is 0 Å². The van der Waals surface area contributed by atoms with Gasteiger partial charge in [0.2, 0.25) is 5.76 Å². The number of ether oxygens (including phenoxy) is 1. The number of esters is 1. The Bertz CT molecular complexity index is 413. The quantitative estimate of drug-likeness (QED) is 0.836. The Balaban J connectivity index is 1.98. The molecule has 1 aliphatic rings. The summed E-state index contributed by atoms with van der Waals surface area (Å²) in [6.45, 7) is 4.34. The van der Waals surface area contributed by atoms with Crippen LogP contribution < -0.4 is 5.32 Å². The fourth-order valence-corrected chi connectivity index (χ4v) is 2.59. The maximum absolute atomic E-state index is 11.3. The molecule has 1 heterocycles. The van der Waals surface area contributed by atoms with Gasteiger partial charge in [0.15, 0.2) is 0 Å². The minimum absolute atomic E-state index is 0.119. The van der Waals surface area contributed by atoms with Crippen molar-refractivity contribution in [1.82, 2.24) is 5.32 Å². The Morgan fingerprint density at radius 1 is 1.50 bits per heavy atom. The van der Waals surface area contributed by atoms with Crippen LogP contribution in [0.15, 0.2) is 16.5 Å². The average molecular weight is 251 g/mol. The summed E-state index contributed by atoms with van der Waals surface area (Å²) in [7, 11) is 1.35. The maximum atomic E-state index is 11.3. The number of furan rings is 1. The van der Waals surface area contributed by atoms with E-state index in [1.807, 2.05) is 6.07 Å². The standard InChI is InChI=1S/C14H21NO3/c1-9-5-4-6-11(9)15-10(2)12-7-8-13(18-12)14(16)17-3/h7-11,15H,4-6H2,1-3H3. The van der Waals surface area contributed by atoms with Gasteiger partial charge >= 0.3 is 5.97 Å². The molecule has 1 fully saturated rings. The van der Waals surface area contributed by atoms with Gasteiger partial charge in [0.05, 0.1) is 13.2 Å². The lowest BCUT2D eigenvalue weighted by Gasteiger charge is -2.21. The van der Waals surface area contributed by atoms with Gasteiger partial charge in [0.1, 0.15) is 5.76 Å². The molecule has 0 bridgehead atoms. The van der Waals surface area contributed by atoms with Crippen LogP contribution in [0, 0.1) is 5.92 Å². The second-order valence-electron chi connectivity index (χ2n) is 5.10. The van der Waals surface area contributed by atoms with Gasteiger partial charge in [0, 0.05) is 6.04 Å². The smallest absolute Gasteiger partial charge is 0.373 e. The van der Waals surface area contributed by atoms with Crippen molar-refractivity contribution < 1.29 is 13.9 Å². The van der Waals surface area contributed by atoms with Crippen LogP contribution in [0.25, 0.3) is 0 Å². The van der Waals surface area contributed by atoms with Gasteiger partial charge in [-0.15, -0.1) is 0 Å². The van der Waals surface area contributed by atoms with Crippen molar-refractivity contribution in [3.05, 3.63) is 23.7 Å². The molecule has 1 saturated carbocycles. The molecule has 1 aromatic heterocycles.